The van der Waals surface area contributed by atoms with Crippen molar-refractivity contribution in [2.45, 2.75) is 149 Å². The van der Waals surface area contributed by atoms with Gasteiger partial charge in [-0.05, 0) is 57.3 Å². The van der Waals surface area contributed by atoms with Gasteiger partial charge in [0, 0.05) is 35.5 Å². The molecule has 1 saturated carbocycles. The molecule has 0 aliphatic heterocycles. The third-order valence-electron chi connectivity index (χ3n) is 8.37. The first-order valence-electron chi connectivity index (χ1n) is 15.2. The maximum atomic E-state index is 11.3. The van der Waals surface area contributed by atoms with Gasteiger partial charge in [-0.1, -0.05) is 114 Å². The molecule has 0 bridgehead atoms. The van der Waals surface area contributed by atoms with Gasteiger partial charge in [-0.3, -0.25) is 4.99 Å². The normalized spacial score (nSPS) is 19.4. The van der Waals surface area contributed by atoms with Crippen LogP contribution in [0.3, 0.4) is 0 Å². The number of nitrogens with one attached hydrogen (secondary N) is 1. The Hall–Kier alpha value is -2.33. The van der Waals surface area contributed by atoms with Crippen molar-refractivity contribution in [3.63, 3.8) is 0 Å². The van der Waals surface area contributed by atoms with Crippen LogP contribution in [0, 0.1) is 0 Å². The Labute approximate surface area is 244 Å². The standard InChI is InChI=1S/C36H56N2O2/c1-33(2,3)25-17-23(31(39)27(19-25)35(7,8)9)21-37-29-15-13-14-16-30(29)38-22-24-18-26(34(4,5)6)20-28(32(24)40)36(10,11)12/h17-21,29-30,38-40H,13-16,22H2,1-12H3/t29-,30-/m1/s1. The van der Waals surface area contributed by atoms with E-state index in [2.05, 4.69) is 113 Å². The maximum Gasteiger partial charge on any atom is 0.128 e. The van der Waals surface area contributed by atoms with Gasteiger partial charge in [-0.15, -0.1) is 0 Å². The molecule has 3 rings (SSSR count). The smallest absolute Gasteiger partial charge is 0.128 e. The number of rotatable bonds is 5. The van der Waals surface area contributed by atoms with E-state index < -0.39 is 0 Å². The number of phenols is 2. The van der Waals surface area contributed by atoms with E-state index in [0.717, 1.165) is 41.5 Å². The summed E-state index contributed by atoms with van der Waals surface area (Å²) >= 11 is 0. The molecule has 0 heterocycles. The van der Waals surface area contributed by atoms with E-state index in [9.17, 15) is 10.2 Å². The molecular weight excluding hydrogens is 492 g/mol. The van der Waals surface area contributed by atoms with Gasteiger partial charge in [-0.2, -0.15) is 0 Å². The molecule has 1 fully saturated rings. The van der Waals surface area contributed by atoms with Crippen LogP contribution >= 0.6 is 0 Å². The summed E-state index contributed by atoms with van der Waals surface area (Å²) in [5, 5.41) is 26.3. The van der Waals surface area contributed by atoms with E-state index >= 15 is 0 Å². The van der Waals surface area contributed by atoms with Crippen molar-refractivity contribution in [3.8, 4) is 11.5 Å². The molecule has 2 aromatic carbocycles. The monoisotopic (exact) mass is 548 g/mol. The lowest BCUT2D eigenvalue weighted by atomic mass is 9.79. The van der Waals surface area contributed by atoms with Crippen molar-refractivity contribution in [1.82, 2.24) is 5.32 Å². The minimum atomic E-state index is -0.168. The van der Waals surface area contributed by atoms with E-state index in [1.165, 1.54) is 17.5 Å². The van der Waals surface area contributed by atoms with Crippen molar-refractivity contribution in [2.75, 3.05) is 0 Å². The molecule has 0 radical (unpaired) electrons. The molecule has 2 aromatic rings. The van der Waals surface area contributed by atoms with Crippen LogP contribution in [0.5, 0.6) is 11.5 Å². The average Bonchev–Trinajstić information content (AvgIpc) is 2.80. The Morgan fingerprint density at radius 2 is 1.20 bits per heavy atom. The van der Waals surface area contributed by atoms with E-state index in [4.69, 9.17) is 4.99 Å². The minimum Gasteiger partial charge on any atom is -0.507 e. The highest BCUT2D eigenvalue weighted by Crippen LogP contribution is 2.39. The molecule has 0 amide bonds. The highest BCUT2D eigenvalue weighted by molar-refractivity contribution is 5.85. The van der Waals surface area contributed by atoms with E-state index in [0.29, 0.717) is 18.0 Å². The lowest BCUT2D eigenvalue weighted by Gasteiger charge is -2.31. The summed E-state index contributed by atoms with van der Waals surface area (Å²) in [4.78, 5) is 5.08. The van der Waals surface area contributed by atoms with Crippen molar-refractivity contribution < 1.29 is 10.2 Å². The molecule has 222 valence electrons. The third kappa shape index (κ3) is 7.69. The lowest BCUT2D eigenvalue weighted by Crippen LogP contribution is -2.41. The summed E-state index contributed by atoms with van der Waals surface area (Å²) in [7, 11) is 0. The molecule has 3 N–H and O–H groups in total. The number of aromatic hydroxyl groups is 2. The summed E-state index contributed by atoms with van der Waals surface area (Å²) in [6.45, 7) is 26.8. The van der Waals surface area contributed by atoms with Gasteiger partial charge in [0.15, 0.2) is 0 Å². The molecule has 1 aliphatic carbocycles. The average molecular weight is 549 g/mol. The highest BCUT2D eigenvalue weighted by atomic mass is 16.3. The van der Waals surface area contributed by atoms with Gasteiger partial charge in [0.25, 0.3) is 0 Å². The number of phenolic OH excluding ortho intramolecular Hbond substituents is 2. The summed E-state index contributed by atoms with van der Waals surface area (Å²) in [5.74, 6) is 0.741. The first-order chi connectivity index (χ1) is 18.2. The molecule has 2 atom stereocenters. The van der Waals surface area contributed by atoms with Gasteiger partial charge in [0.05, 0.1) is 6.04 Å². The van der Waals surface area contributed by atoms with Crippen LogP contribution < -0.4 is 5.32 Å². The Kier molecular flexibility index (Phi) is 9.26. The quantitative estimate of drug-likeness (QED) is 0.327. The zero-order valence-corrected chi connectivity index (χ0v) is 27.4. The predicted molar refractivity (Wildman–Crippen MR) is 171 cm³/mol. The zero-order chi connectivity index (χ0) is 30.3. The first-order valence-corrected chi connectivity index (χ1v) is 15.2. The second-order valence-corrected chi connectivity index (χ2v) is 16.1. The van der Waals surface area contributed by atoms with Crippen LogP contribution in [-0.2, 0) is 28.2 Å². The van der Waals surface area contributed by atoms with Crippen molar-refractivity contribution in [3.05, 3.63) is 57.6 Å². The van der Waals surface area contributed by atoms with E-state index in [1.807, 2.05) is 6.21 Å². The largest absolute Gasteiger partial charge is 0.507 e. The van der Waals surface area contributed by atoms with Crippen LogP contribution in [0.1, 0.15) is 142 Å². The zero-order valence-electron chi connectivity index (χ0n) is 27.4. The number of nitrogens with zero attached hydrogens (tertiary/aromatic N) is 1. The Morgan fingerprint density at radius 3 is 1.73 bits per heavy atom. The van der Waals surface area contributed by atoms with Gasteiger partial charge in [-0.25, -0.2) is 0 Å². The van der Waals surface area contributed by atoms with Crippen LogP contribution in [-0.4, -0.2) is 28.5 Å². The molecule has 4 heteroatoms. The van der Waals surface area contributed by atoms with Crippen molar-refractivity contribution in [2.24, 2.45) is 4.99 Å². The molecule has 0 aromatic heterocycles. The fourth-order valence-corrected chi connectivity index (χ4v) is 5.54. The van der Waals surface area contributed by atoms with Gasteiger partial charge in [0.2, 0.25) is 0 Å². The summed E-state index contributed by atoms with van der Waals surface area (Å²) in [6, 6.07) is 8.94. The van der Waals surface area contributed by atoms with Crippen molar-refractivity contribution in [1.29, 1.82) is 0 Å². The van der Waals surface area contributed by atoms with Gasteiger partial charge >= 0.3 is 0 Å². The molecule has 4 nitrogen and oxygen atoms in total. The second-order valence-electron chi connectivity index (χ2n) is 16.1. The molecule has 40 heavy (non-hydrogen) atoms. The summed E-state index contributed by atoms with van der Waals surface area (Å²) in [5.41, 5.74) is 5.82. The number of hydrogen-bond donors (Lipinski definition) is 3. The first kappa shape index (κ1) is 32.2. The van der Waals surface area contributed by atoms with Crippen LogP contribution in [0.2, 0.25) is 0 Å². The molecular formula is C36H56N2O2. The number of aliphatic imine (C=N–C) groups is 1. The summed E-state index contributed by atoms with van der Waals surface area (Å²) < 4.78 is 0. The van der Waals surface area contributed by atoms with E-state index in [-0.39, 0.29) is 33.7 Å². The Bertz CT molecular complexity index is 1210. The fraction of sp³-hybridized carbons (Fsp3) is 0.639. The topological polar surface area (TPSA) is 64.9 Å². The van der Waals surface area contributed by atoms with Gasteiger partial charge < -0.3 is 15.5 Å². The third-order valence-corrected chi connectivity index (χ3v) is 8.37. The minimum absolute atomic E-state index is 0.00435. The van der Waals surface area contributed by atoms with Crippen LogP contribution in [0.25, 0.3) is 0 Å². The van der Waals surface area contributed by atoms with Crippen molar-refractivity contribution >= 4 is 6.21 Å². The number of hydrogen-bond acceptors (Lipinski definition) is 4. The fourth-order valence-electron chi connectivity index (χ4n) is 5.54. The van der Waals surface area contributed by atoms with Crippen LogP contribution in [0.15, 0.2) is 29.3 Å². The second kappa shape index (κ2) is 11.5. The molecule has 0 unspecified atom stereocenters. The molecule has 1 aliphatic rings. The molecule has 0 spiro atoms. The predicted octanol–water partition coefficient (Wildman–Crippen LogP) is 8.81. The lowest BCUT2D eigenvalue weighted by molar-refractivity contribution is 0.326. The molecule has 0 saturated heterocycles. The van der Waals surface area contributed by atoms with E-state index in [1.54, 1.807) is 0 Å². The maximum absolute atomic E-state index is 11.3. The number of benzene rings is 2. The Morgan fingerprint density at radius 1 is 0.700 bits per heavy atom. The Balaban J connectivity index is 1.91. The SMILES string of the molecule is CC(C)(C)c1cc(C=N[C@@H]2CCCC[C@H]2NCc2cc(C(C)(C)C)cc(C(C)(C)C)c2O)c(O)c(C(C)(C)C)c1. The van der Waals surface area contributed by atoms with Crippen LogP contribution in [0.4, 0.5) is 0 Å². The van der Waals surface area contributed by atoms with Gasteiger partial charge in [0.1, 0.15) is 11.5 Å². The highest BCUT2D eigenvalue weighted by Gasteiger charge is 2.28. The summed E-state index contributed by atoms with van der Waals surface area (Å²) in [6.07, 6.45) is 6.29.